The molecule has 154 valence electrons. The van der Waals surface area contributed by atoms with E-state index in [1.54, 1.807) is 7.05 Å². The van der Waals surface area contributed by atoms with Gasteiger partial charge in [-0.25, -0.2) is 0 Å². The van der Waals surface area contributed by atoms with E-state index in [-0.39, 0.29) is 6.04 Å². The summed E-state index contributed by atoms with van der Waals surface area (Å²) in [5, 5.41) is 6.65. The number of nitrogens with zero attached hydrogens (tertiary/aromatic N) is 3. The second-order valence-corrected chi connectivity index (χ2v) is 7.44. The van der Waals surface area contributed by atoms with E-state index in [2.05, 4.69) is 48.2 Å². The summed E-state index contributed by atoms with van der Waals surface area (Å²) in [5.74, 6) is 1.27. The van der Waals surface area contributed by atoms with Gasteiger partial charge in [-0.1, -0.05) is 27.7 Å². The number of guanidine groups is 1. The Bertz CT molecular complexity index is 422. The molecule has 1 heterocycles. The highest BCUT2D eigenvalue weighted by Gasteiger charge is 2.34. The molecule has 1 fully saturated rings. The molecular formula is C18H36F3N5. The highest BCUT2D eigenvalue weighted by Crippen LogP contribution is 2.20. The highest BCUT2D eigenvalue weighted by atomic mass is 19.4. The largest absolute Gasteiger partial charge is 0.401 e. The van der Waals surface area contributed by atoms with Crippen LogP contribution in [-0.4, -0.2) is 80.3 Å². The lowest BCUT2D eigenvalue weighted by Crippen LogP contribution is -2.50. The Morgan fingerprint density at radius 2 is 1.92 bits per heavy atom. The number of halogens is 3. The van der Waals surface area contributed by atoms with Crippen LogP contribution in [0.1, 0.15) is 40.5 Å². The summed E-state index contributed by atoms with van der Waals surface area (Å²) in [6, 6.07) is 0.411. The molecule has 8 heteroatoms. The molecular weight excluding hydrogens is 343 g/mol. The molecule has 1 rings (SSSR count). The summed E-state index contributed by atoms with van der Waals surface area (Å²) in [7, 11) is 1.70. The standard InChI is InChI=1S/C18H36F3N5/c1-6-26(7-2)16(10-14(3)4)11-23-17(22-5)24-15-8-9-25(12-15)13-18(19,20)21/h14-16H,6-13H2,1-5H3,(H2,22,23,24). The van der Waals surface area contributed by atoms with Gasteiger partial charge >= 0.3 is 6.18 Å². The Morgan fingerprint density at radius 1 is 1.27 bits per heavy atom. The maximum absolute atomic E-state index is 12.5. The van der Waals surface area contributed by atoms with Crippen molar-refractivity contribution in [2.75, 3.05) is 46.3 Å². The molecule has 0 spiro atoms. The number of likely N-dealkylation sites (tertiary alicyclic amines) is 1. The number of aliphatic imine (C=N–C) groups is 1. The summed E-state index contributed by atoms with van der Waals surface area (Å²) in [4.78, 5) is 8.13. The number of hydrogen-bond donors (Lipinski definition) is 2. The van der Waals surface area contributed by atoms with Crippen LogP contribution in [0.4, 0.5) is 13.2 Å². The first-order valence-electron chi connectivity index (χ1n) is 9.68. The molecule has 26 heavy (non-hydrogen) atoms. The van der Waals surface area contributed by atoms with Gasteiger partial charge in [0.25, 0.3) is 0 Å². The third kappa shape index (κ3) is 8.58. The van der Waals surface area contributed by atoms with Crippen molar-refractivity contribution in [2.24, 2.45) is 10.9 Å². The van der Waals surface area contributed by atoms with Crippen molar-refractivity contribution in [3.8, 4) is 0 Å². The van der Waals surface area contributed by atoms with Crippen molar-refractivity contribution in [3.63, 3.8) is 0 Å². The van der Waals surface area contributed by atoms with E-state index in [1.807, 2.05) is 0 Å². The van der Waals surface area contributed by atoms with Gasteiger partial charge in [0.2, 0.25) is 0 Å². The summed E-state index contributed by atoms with van der Waals surface area (Å²) in [6.07, 6.45) is -2.35. The van der Waals surface area contributed by atoms with E-state index in [1.165, 1.54) is 4.90 Å². The van der Waals surface area contributed by atoms with Crippen LogP contribution in [0.3, 0.4) is 0 Å². The molecule has 0 saturated carbocycles. The lowest BCUT2D eigenvalue weighted by molar-refractivity contribution is -0.143. The van der Waals surface area contributed by atoms with Crippen LogP contribution in [-0.2, 0) is 0 Å². The molecule has 1 aliphatic heterocycles. The molecule has 0 bridgehead atoms. The quantitative estimate of drug-likeness (QED) is 0.477. The van der Waals surface area contributed by atoms with Crippen molar-refractivity contribution in [1.29, 1.82) is 0 Å². The smallest absolute Gasteiger partial charge is 0.355 e. The maximum Gasteiger partial charge on any atom is 0.401 e. The fourth-order valence-electron chi connectivity index (χ4n) is 3.60. The summed E-state index contributed by atoms with van der Waals surface area (Å²) >= 11 is 0. The average molecular weight is 380 g/mol. The molecule has 0 aliphatic carbocycles. The Hall–Kier alpha value is -1.02. The van der Waals surface area contributed by atoms with E-state index in [9.17, 15) is 13.2 Å². The van der Waals surface area contributed by atoms with Crippen LogP contribution >= 0.6 is 0 Å². The predicted octanol–water partition coefficient (Wildman–Crippen LogP) is 2.54. The Labute approximate surface area is 156 Å². The topological polar surface area (TPSA) is 42.9 Å². The van der Waals surface area contributed by atoms with Crippen LogP contribution in [0.15, 0.2) is 4.99 Å². The van der Waals surface area contributed by atoms with Crippen LogP contribution in [0.5, 0.6) is 0 Å². The van der Waals surface area contributed by atoms with E-state index >= 15 is 0 Å². The molecule has 1 aliphatic rings. The third-order valence-electron chi connectivity index (χ3n) is 4.82. The Balaban J connectivity index is 2.51. The van der Waals surface area contributed by atoms with E-state index in [0.29, 0.717) is 37.4 Å². The van der Waals surface area contributed by atoms with Gasteiger partial charge in [-0.3, -0.25) is 14.8 Å². The molecule has 0 amide bonds. The maximum atomic E-state index is 12.5. The van der Waals surface area contributed by atoms with E-state index in [4.69, 9.17) is 0 Å². The van der Waals surface area contributed by atoms with Gasteiger partial charge in [-0.15, -0.1) is 0 Å². The zero-order chi connectivity index (χ0) is 19.7. The van der Waals surface area contributed by atoms with E-state index in [0.717, 1.165) is 26.1 Å². The second-order valence-electron chi connectivity index (χ2n) is 7.44. The van der Waals surface area contributed by atoms with Gasteiger partial charge < -0.3 is 10.6 Å². The highest BCUT2D eigenvalue weighted by molar-refractivity contribution is 5.80. The molecule has 2 N–H and O–H groups in total. The summed E-state index contributed by atoms with van der Waals surface area (Å²) < 4.78 is 37.6. The van der Waals surface area contributed by atoms with Crippen LogP contribution in [0, 0.1) is 5.92 Å². The summed E-state index contributed by atoms with van der Waals surface area (Å²) in [5.41, 5.74) is 0. The molecule has 5 nitrogen and oxygen atoms in total. The number of hydrogen-bond acceptors (Lipinski definition) is 3. The van der Waals surface area contributed by atoms with Crippen molar-refractivity contribution < 1.29 is 13.2 Å². The molecule has 0 aromatic rings. The zero-order valence-corrected chi connectivity index (χ0v) is 16.9. The number of likely N-dealkylation sites (N-methyl/N-ethyl adjacent to an activating group) is 1. The van der Waals surface area contributed by atoms with Gasteiger partial charge in [-0.05, 0) is 31.8 Å². The monoisotopic (exact) mass is 379 g/mol. The van der Waals surface area contributed by atoms with Gasteiger partial charge in [0, 0.05) is 38.8 Å². The minimum absolute atomic E-state index is 0.000511. The molecule has 0 radical (unpaired) electrons. The minimum Gasteiger partial charge on any atom is -0.355 e. The predicted molar refractivity (Wildman–Crippen MR) is 102 cm³/mol. The minimum atomic E-state index is -4.14. The van der Waals surface area contributed by atoms with Crippen molar-refractivity contribution in [3.05, 3.63) is 0 Å². The van der Waals surface area contributed by atoms with E-state index < -0.39 is 12.7 Å². The molecule has 1 saturated heterocycles. The normalized spacial score (nSPS) is 20.8. The number of rotatable bonds is 9. The first kappa shape index (κ1) is 23.0. The molecule has 0 aromatic carbocycles. The van der Waals surface area contributed by atoms with Gasteiger partial charge in [-0.2, -0.15) is 13.2 Å². The van der Waals surface area contributed by atoms with Gasteiger partial charge in [0.1, 0.15) is 0 Å². The van der Waals surface area contributed by atoms with Crippen molar-refractivity contribution in [1.82, 2.24) is 20.4 Å². The number of alkyl halides is 3. The first-order chi connectivity index (χ1) is 12.2. The second kappa shape index (κ2) is 11.0. The number of nitrogens with one attached hydrogen (secondary N) is 2. The van der Waals surface area contributed by atoms with Crippen molar-refractivity contribution >= 4 is 5.96 Å². The third-order valence-corrected chi connectivity index (χ3v) is 4.82. The Morgan fingerprint density at radius 3 is 2.42 bits per heavy atom. The van der Waals surface area contributed by atoms with Crippen LogP contribution in [0.25, 0.3) is 0 Å². The molecule has 2 atom stereocenters. The van der Waals surface area contributed by atoms with Crippen LogP contribution < -0.4 is 10.6 Å². The molecule has 2 unspecified atom stereocenters. The van der Waals surface area contributed by atoms with Gasteiger partial charge in [0.15, 0.2) is 5.96 Å². The summed E-state index contributed by atoms with van der Waals surface area (Å²) in [6.45, 7) is 11.6. The fraction of sp³-hybridized carbons (Fsp3) is 0.944. The fourth-order valence-corrected chi connectivity index (χ4v) is 3.60. The zero-order valence-electron chi connectivity index (χ0n) is 16.9. The van der Waals surface area contributed by atoms with Crippen molar-refractivity contribution in [2.45, 2.75) is 58.8 Å². The van der Waals surface area contributed by atoms with Crippen LogP contribution in [0.2, 0.25) is 0 Å². The average Bonchev–Trinajstić information content (AvgIpc) is 2.96. The lowest BCUT2D eigenvalue weighted by atomic mass is 10.0. The Kier molecular flexibility index (Phi) is 9.71. The molecule has 0 aromatic heterocycles. The first-order valence-corrected chi connectivity index (χ1v) is 9.68. The SMILES string of the molecule is CCN(CC)C(CNC(=NC)NC1CCN(CC(F)(F)F)C1)CC(C)C. The lowest BCUT2D eigenvalue weighted by Gasteiger charge is -2.32. The van der Waals surface area contributed by atoms with Gasteiger partial charge in [0.05, 0.1) is 6.54 Å².